The average Bonchev–Trinajstić information content (AvgIpc) is 2.82. The Labute approximate surface area is 191 Å². The number of halogens is 1. The minimum atomic E-state index is -0.504. The van der Waals surface area contributed by atoms with Crippen molar-refractivity contribution in [2.75, 3.05) is 31.6 Å². The molecule has 2 aromatic carbocycles. The van der Waals surface area contributed by atoms with Crippen LogP contribution in [0.15, 0.2) is 54.9 Å². The lowest BCUT2D eigenvalue weighted by Gasteiger charge is -2.31. The van der Waals surface area contributed by atoms with Gasteiger partial charge in [0.25, 0.3) is 0 Å². The van der Waals surface area contributed by atoms with Gasteiger partial charge in [-0.2, -0.15) is 0 Å². The number of hydrogen-bond donors (Lipinski definition) is 1. The van der Waals surface area contributed by atoms with E-state index in [2.05, 4.69) is 20.2 Å². The monoisotopic (exact) mass is 452 g/mol. The van der Waals surface area contributed by atoms with Gasteiger partial charge in [-0.1, -0.05) is 17.7 Å². The highest BCUT2D eigenvalue weighted by molar-refractivity contribution is 6.30. The van der Waals surface area contributed by atoms with Crippen LogP contribution in [0.1, 0.15) is 29.6 Å². The van der Waals surface area contributed by atoms with Gasteiger partial charge < -0.3 is 9.64 Å². The number of para-hydroxylation sites is 1. The van der Waals surface area contributed by atoms with Crippen LogP contribution in [0, 0.1) is 5.92 Å². The van der Waals surface area contributed by atoms with Crippen LogP contribution in [-0.2, 0) is 4.74 Å². The number of carbonyl (C=O) groups excluding carboxylic acids is 2. The van der Waals surface area contributed by atoms with Crippen LogP contribution in [0.2, 0.25) is 5.02 Å². The summed E-state index contributed by atoms with van der Waals surface area (Å²) in [6.45, 7) is 2.89. The number of ketones is 1. The molecular weight excluding hydrogens is 428 g/mol. The molecule has 2 heterocycles. The zero-order valence-corrected chi connectivity index (χ0v) is 18.4. The molecule has 3 aromatic rings. The molecule has 1 N–H and O–H groups in total. The lowest BCUT2D eigenvalue weighted by atomic mass is 9.89. The van der Waals surface area contributed by atoms with Crippen LogP contribution in [0.3, 0.4) is 0 Å². The van der Waals surface area contributed by atoms with E-state index in [1.165, 1.54) is 0 Å². The predicted molar refractivity (Wildman–Crippen MR) is 124 cm³/mol. The number of carbonyl (C=O) groups is 2. The molecule has 1 fully saturated rings. The number of piperidine rings is 1. The zero-order chi connectivity index (χ0) is 22.3. The normalized spacial score (nSPS) is 14.9. The van der Waals surface area contributed by atoms with E-state index in [1.54, 1.807) is 42.7 Å². The Balaban J connectivity index is 1.16. The molecule has 0 radical (unpaired) electrons. The summed E-state index contributed by atoms with van der Waals surface area (Å²) in [4.78, 5) is 35.6. The number of anilines is 1. The molecule has 166 valence electrons. The van der Waals surface area contributed by atoms with Crippen molar-refractivity contribution in [2.45, 2.75) is 19.3 Å². The van der Waals surface area contributed by atoms with Gasteiger partial charge in [0.05, 0.1) is 17.8 Å². The van der Waals surface area contributed by atoms with Crippen molar-refractivity contribution < 1.29 is 14.3 Å². The number of benzene rings is 2. The van der Waals surface area contributed by atoms with Gasteiger partial charge in [0.2, 0.25) is 0 Å². The second kappa shape index (κ2) is 10.5. The van der Waals surface area contributed by atoms with Crippen LogP contribution in [0.4, 0.5) is 10.5 Å². The van der Waals surface area contributed by atoms with E-state index in [0.29, 0.717) is 28.4 Å². The Morgan fingerprint density at radius 3 is 2.59 bits per heavy atom. The second-order valence-electron chi connectivity index (χ2n) is 7.83. The first-order valence-corrected chi connectivity index (χ1v) is 11.1. The largest absolute Gasteiger partial charge is 0.449 e. The van der Waals surface area contributed by atoms with Crippen molar-refractivity contribution in [3.8, 4) is 0 Å². The second-order valence-corrected chi connectivity index (χ2v) is 8.27. The maximum Gasteiger partial charge on any atom is 0.411 e. The molecule has 4 rings (SSSR count). The molecule has 32 heavy (non-hydrogen) atoms. The fraction of sp³-hybridized carbons (Fsp3) is 0.333. The van der Waals surface area contributed by atoms with E-state index in [-0.39, 0.29) is 11.7 Å². The molecule has 0 aliphatic carbocycles. The van der Waals surface area contributed by atoms with E-state index in [0.717, 1.165) is 44.5 Å². The molecule has 0 saturated carbocycles. The molecule has 1 amide bonds. The summed E-state index contributed by atoms with van der Waals surface area (Å²) in [6, 6.07) is 12.5. The Hall–Kier alpha value is -3.03. The Kier molecular flexibility index (Phi) is 7.29. The summed E-state index contributed by atoms with van der Waals surface area (Å²) < 4.78 is 5.32. The number of nitrogens with one attached hydrogen (secondary N) is 1. The SMILES string of the molecule is O=C(Nc1cccc2nccnc12)OCCCN1CCC(C(=O)c2ccc(Cl)cc2)CC1. The molecule has 0 atom stereocenters. The number of fused-ring (bicyclic) bond motifs is 1. The number of aromatic nitrogens is 2. The van der Waals surface area contributed by atoms with Gasteiger partial charge in [-0.15, -0.1) is 0 Å². The van der Waals surface area contributed by atoms with Crippen molar-refractivity contribution in [1.82, 2.24) is 14.9 Å². The summed E-state index contributed by atoms with van der Waals surface area (Å²) in [6.07, 6.45) is 5.11. The van der Waals surface area contributed by atoms with E-state index in [1.807, 2.05) is 12.1 Å². The molecule has 1 aliphatic heterocycles. The Morgan fingerprint density at radius 2 is 1.81 bits per heavy atom. The van der Waals surface area contributed by atoms with Crippen LogP contribution in [-0.4, -0.2) is 53.0 Å². The van der Waals surface area contributed by atoms with E-state index in [4.69, 9.17) is 16.3 Å². The first-order chi connectivity index (χ1) is 15.6. The first-order valence-electron chi connectivity index (χ1n) is 10.8. The van der Waals surface area contributed by atoms with E-state index in [9.17, 15) is 9.59 Å². The number of rotatable bonds is 7. The summed E-state index contributed by atoms with van der Waals surface area (Å²) in [5.74, 6) is 0.248. The smallest absolute Gasteiger partial charge is 0.411 e. The van der Waals surface area contributed by atoms with Crippen molar-refractivity contribution in [3.63, 3.8) is 0 Å². The Bertz CT molecular complexity index is 1080. The number of amides is 1. The topological polar surface area (TPSA) is 84.4 Å². The lowest BCUT2D eigenvalue weighted by molar-refractivity contribution is 0.0830. The molecule has 0 bridgehead atoms. The third kappa shape index (κ3) is 5.60. The standard InChI is InChI=1S/C24H25ClN4O3/c25-19-7-5-17(6-8-19)23(30)18-9-14-29(15-10-18)13-2-16-32-24(31)28-21-4-1-3-20-22(21)27-12-11-26-20/h1,3-8,11-12,18H,2,9-10,13-16H2,(H,28,31). The van der Waals surface area contributed by atoms with Gasteiger partial charge in [-0.25, -0.2) is 4.79 Å². The number of nitrogens with zero attached hydrogens (tertiary/aromatic N) is 3. The highest BCUT2D eigenvalue weighted by Gasteiger charge is 2.25. The maximum atomic E-state index is 12.7. The van der Waals surface area contributed by atoms with Crippen molar-refractivity contribution in [3.05, 3.63) is 65.4 Å². The van der Waals surface area contributed by atoms with Crippen LogP contribution < -0.4 is 5.32 Å². The molecule has 1 aromatic heterocycles. The molecular formula is C24H25ClN4O3. The molecule has 0 spiro atoms. The van der Waals surface area contributed by atoms with Gasteiger partial charge in [0, 0.05) is 35.4 Å². The quantitative estimate of drug-likeness (QED) is 0.408. The van der Waals surface area contributed by atoms with E-state index >= 15 is 0 Å². The van der Waals surface area contributed by atoms with Crippen LogP contribution in [0.5, 0.6) is 0 Å². The Morgan fingerprint density at radius 1 is 1.06 bits per heavy atom. The highest BCUT2D eigenvalue weighted by Crippen LogP contribution is 2.23. The van der Waals surface area contributed by atoms with Gasteiger partial charge in [0.15, 0.2) is 5.78 Å². The summed E-state index contributed by atoms with van der Waals surface area (Å²) in [5.41, 5.74) is 2.64. The third-order valence-corrected chi connectivity index (χ3v) is 5.93. The number of ether oxygens (including phenoxy) is 1. The fourth-order valence-corrected chi connectivity index (χ4v) is 4.09. The van der Waals surface area contributed by atoms with Crippen LogP contribution in [0.25, 0.3) is 11.0 Å². The minimum Gasteiger partial charge on any atom is -0.449 e. The van der Waals surface area contributed by atoms with Gasteiger partial charge in [-0.05, 0) is 68.8 Å². The average molecular weight is 453 g/mol. The number of likely N-dealkylation sites (tertiary alicyclic amines) is 1. The summed E-state index contributed by atoms with van der Waals surface area (Å²) in [5, 5.41) is 3.37. The van der Waals surface area contributed by atoms with Gasteiger partial charge >= 0.3 is 6.09 Å². The number of Topliss-reactive ketones (excluding diaryl/α,β-unsaturated/α-hetero) is 1. The minimum absolute atomic E-state index is 0.0539. The maximum absolute atomic E-state index is 12.7. The van der Waals surface area contributed by atoms with E-state index < -0.39 is 6.09 Å². The first kappa shape index (κ1) is 22.2. The fourth-order valence-electron chi connectivity index (χ4n) is 3.96. The van der Waals surface area contributed by atoms with Crippen molar-refractivity contribution in [1.29, 1.82) is 0 Å². The zero-order valence-electron chi connectivity index (χ0n) is 17.7. The lowest BCUT2D eigenvalue weighted by Crippen LogP contribution is -2.37. The summed E-state index contributed by atoms with van der Waals surface area (Å²) >= 11 is 5.91. The summed E-state index contributed by atoms with van der Waals surface area (Å²) in [7, 11) is 0. The predicted octanol–water partition coefficient (Wildman–Crippen LogP) is 4.82. The third-order valence-electron chi connectivity index (χ3n) is 5.67. The molecule has 1 aliphatic rings. The highest BCUT2D eigenvalue weighted by atomic mass is 35.5. The van der Waals surface area contributed by atoms with Crippen molar-refractivity contribution >= 4 is 40.2 Å². The molecule has 7 nitrogen and oxygen atoms in total. The van der Waals surface area contributed by atoms with Gasteiger partial charge in [-0.3, -0.25) is 20.1 Å². The van der Waals surface area contributed by atoms with Crippen LogP contribution >= 0.6 is 11.6 Å². The number of hydrogen-bond acceptors (Lipinski definition) is 6. The molecule has 1 saturated heterocycles. The molecule has 8 heteroatoms. The van der Waals surface area contributed by atoms with Gasteiger partial charge in [0.1, 0.15) is 5.52 Å². The molecule has 0 unspecified atom stereocenters. The van der Waals surface area contributed by atoms with Crippen molar-refractivity contribution in [2.24, 2.45) is 5.92 Å².